The van der Waals surface area contributed by atoms with Gasteiger partial charge in [-0.15, -0.1) is 0 Å². The van der Waals surface area contributed by atoms with Crippen molar-refractivity contribution >= 4 is 5.96 Å². The number of nitrogens with one attached hydrogen (secondary N) is 1. The van der Waals surface area contributed by atoms with Crippen molar-refractivity contribution in [1.82, 2.24) is 20.0 Å². The van der Waals surface area contributed by atoms with Crippen LogP contribution in [0.3, 0.4) is 0 Å². The Morgan fingerprint density at radius 2 is 1.85 bits per heavy atom. The summed E-state index contributed by atoms with van der Waals surface area (Å²) in [6, 6.07) is 11.6. The third-order valence-electron chi connectivity index (χ3n) is 6.53. The van der Waals surface area contributed by atoms with Gasteiger partial charge in [0, 0.05) is 65.4 Å². The molecule has 3 atom stereocenters. The minimum absolute atomic E-state index is 0.633. The number of benzene rings is 1. The van der Waals surface area contributed by atoms with Crippen LogP contribution in [-0.2, 0) is 0 Å². The molecule has 26 heavy (non-hydrogen) atoms. The van der Waals surface area contributed by atoms with Gasteiger partial charge < -0.3 is 10.2 Å². The van der Waals surface area contributed by atoms with Gasteiger partial charge in [-0.25, -0.2) is 0 Å². The maximum atomic E-state index is 4.59. The Morgan fingerprint density at radius 3 is 2.46 bits per heavy atom. The molecule has 1 aromatic carbocycles. The van der Waals surface area contributed by atoms with Crippen molar-refractivity contribution < 1.29 is 0 Å². The zero-order valence-corrected chi connectivity index (χ0v) is 16.3. The summed E-state index contributed by atoms with van der Waals surface area (Å²) in [5.74, 6) is 2.39. The van der Waals surface area contributed by atoms with Gasteiger partial charge in [0.2, 0.25) is 0 Å². The van der Waals surface area contributed by atoms with Gasteiger partial charge in [0.25, 0.3) is 0 Å². The molecular weight excluding hydrogens is 322 g/mol. The van der Waals surface area contributed by atoms with Gasteiger partial charge in [-0.2, -0.15) is 0 Å². The van der Waals surface area contributed by atoms with Crippen LogP contribution in [0.25, 0.3) is 0 Å². The highest BCUT2D eigenvalue weighted by atomic mass is 15.4. The van der Waals surface area contributed by atoms with Crippen LogP contribution >= 0.6 is 0 Å². The lowest BCUT2D eigenvalue weighted by Crippen LogP contribution is -2.64. The fourth-order valence-corrected chi connectivity index (χ4v) is 4.99. The average Bonchev–Trinajstić information content (AvgIpc) is 2.70. The lowest BCUT2D eigenvalue weighted by Gasteiger charge is -2.48. The predicted molar refractivity (Wildman–Crippen MR) is 108 cm³/mol. The van der Waals surface area contributed by atoms with Crippen LogP contribution in [0, 0.1) is 5.92 Å². The highest BCUT2D eigenvalue weighted by Crippen LogP contribution is 2.32. The van der Waals surface area contributed by atoms with Crippen molar-refractivity contribution in [2.45, 2.75) is 25.3 Å². The second-order valence-corrected chi connectivity index (χ2v) is 8.15. The molecule has 3 unspecified atom stereocenters. The van der Waals surface area contributed by atoms with Crippen molar-refractivity contribution in [3.8, 4) is 0 Å². The maximum absolute atomic E-state index is 4.59. The Balaban J connectivity index is 1.32. The van der Waals surface area contributed by atoms with E-state index < -0.39 is 0 Å². The molecule has 4 saturated heterocycles. The van der Waals surface area contributed by atoms with Crippen LogP contribution in [-0.4, -0.2) is 86.1 Å². The molecule has 0 aliphatic carbocycles. The van der Waals surface area contributed by atoms with Gasteiger partial charge in [-0.3, -0.25) is 14.8 Å². The number of aliphatic imine (C=N–C) groups is 1. The monoisotopic (exact) mass is 355 g/mol. The van der Waals surface area contributed by atoms with E-state index in [1.54, 1.807) is 0 Å². The van der Waals surface area contributed by atoms with Gasteiger partial charge in [-0.05, 0) is 23.8 Å². The van der Waals surface area contributed by atoms with E-state index in [1.165, 1.54) is 44.7 Å². The van der Waals surface area contributed by atoms with E-state index in [0.29, 0.717) is 17.9 Å². The van der Waals surface area contributed by atoms with Gasteiger partial charge >= 0.3 is 0 Å². The number of piperazine rings is 3. The zero-order valence-electron chi connectivity index (χ0n) is 16.3. The van der Waals surface area contributed by atoms with Crippen LogP contribution in [0.1, 0.15) is 24.8 Å². The Labute approximate surface area is 158 Å². The molecule has 5 rings (SSSR count). The molecule has 142 valence electrons. The highest BCUT2D eigenvalue weighted by molar-refractivity contribution is 5.80. The fourth-order valence-electron chi connectivity index (χ4n) is 4.99. The Morgan fingerprint density at radius 1 is 1.08 bits per heavy atom. The summed E-state index contributed by atoms with van der Waals surface area (Å²) in [4.78, 5) is 12.3. The highest BCUT2D eigenvalue weighted by Gasteiger charge is 2.33. The summed E-state index contributed by atoms with van der Waals surface area (Å²) in [6.07, 6.45) is 1.20. The van der Waals surface area contributed by atoms with Crippen LogP contribution in [0.2, 0.25) is 0 Å². The molecule has 4 fully saturated rings. The quantitative estimate of drug-likeness (QED) is 0.661. The van der Waals surface area contributed by atoms with E-state index >= 15 is 0 Å². The predicted octanol–water partition coefficient (Wildman–Crippen LogP) is 1.69. The first kappa shape index (κ1) is 17.8. The third-order valence-corrected chi connectivity index (χ3v) is 6.53. The first-order chi connectivity index (χ1) is 12.7. The molecule has 0 spiro atoms. The van der Waals surface area contributed by atoms with E-state index in [2.05, 4.69) is 62.3 Å². The van der Waals surface area contributed by atoms with E-state index in [-0.39, 0.29) is 0 Å². The fraction of sp³-hybridized carbons (Fsp3) is 0.667. The van der Waals surface area contributed by atoms with Crippen LogP contribution in [0.4, 0.5) is 0 Å². The van der Waals surface area contributed by atoms with Crippen LogP contribution in [0.5, 0.6) is 0 Å². The molecule has 5 nitrogen and oxygen atoms in total. The molecule has 1 aromatic rings. The second kappa shape index (κ2) is 7.97. The third kappa shape index (κ3) is 3.74. The summed E-state index contributed by atoms with van der Waals surface area (Å²) in [7, 11) is 1.92. The normalized spacial score (nSPS) is 34.8. The Hall–Kier alpha value is -1.59. The molecule has 0 aromatic heterocycles. The number of hydrogen-bond acceptors (Lipinski definition) is 3. The number of nitrogens with zero attached hydrogens (tertiary/aromatic N) is 4. The van der Waals surface area contributed by atoms with Gasteiger partial charge in [-0.1, -0.05) is 37.3 Å². The second-order valence-electron chi connectivity index (χ2n) is 8.15. The number of guanidine groups is 1. The van der Waals surface area contributed by atoms with Gasteiger partial charge in [0.15, 0.2) is 5.96 Å². The number of piperidine rings is 1. The van der Waals surface area contributed by atoms with Gasteiger partial charge in [0.05, 0.1) is 0 Å². The molecule has 0 radical (unpaired) electrons. The first-order valence-electron chi connectivity index (χ1n) is 10.2. The van der Waals surface area contributed by atoms with E-state index in [9.17, 15) is 0 Å². The molecule has 5 heteroatoms. The summed E-state index contributed by atoms with van der Waals surface area (Å²) in [5, 5.41) is 3.68. The number of rotatable bonds is 3. The molecule has 0 saturated carbocycles. The summed E-state index contributed by atoms with van der Waals surface area (Å²) in [6.45, 7) is 11.7. The maximum Gasteiger partial charge on any atom is 0.193 e. The van der Waals surface area contributed by atoms with Crippen LogP contribution < -0.4 is 5.32 Å². The van der Waals surface area contributed by atoms with Crippen molar-refractivity contribution in [2.75, 3.05) is 59.4 Å². The Bertz CT molecular complexity index is 608. The molecule has 2 bridgehead atoms. The smallest absolute Gasteiger partial charge is 0.193 e. The van der Waals surface area contributed by atoms with Crippen molar-refractivity contribution in [1.29, 1.82) is 0 Å². The summed E-state index contributed by atoms with van der Waals surface area (Å²) >= 11 is 0. The summed E-state index contributed by atoms with van der Waals surface area (Å²) < 4.78 is 0. The van der Waals surface area contributed by atoms with E-state index in [1.807, 2.05) is 7.05 Å². The van der Waals surface area contributed by atoms with Crippen molar-refractivity contribution in [2.24, 2.45) is 10.9 Å². The minimum atomic E-state index is 0.633. The van der Waals surface area contributed by atoms with Gasteiger partial charge in [0.1, 0.15) is 0 Å². The summed E-state index contributed by atoms with van der Waals surface area (Å²) in [5.41, 5.74) is 1.49. The molecule has 4 aliphatic heterocycles. The van der Waals surface area contributed by atoms with E-state index in [0.717, 1.165) is 25.6 Å². The molecule has 1 N–H and O–H groups in total. The van der Waals surface area contributed by atoms with Crippen LogP contribution in [0.15, 0.2) is 35.3 Å². The standard InChI is InChI=1S/C21H33N5/c1-17-15-26(9-8-20(17)18-6-4-3-5-7-18)21(22-2)23-14-19-16-24-10-12-25(19)13-11-24/h3-7,17,19-20H,8-16H2,1-2H3,(H,22,23). The zero-order chi connectivity index (χ0) is 17.9. The van der Waals surface area contributed by atoms with Crippen molar-refractivity contribution in [3.63, 3.8) is 0 Å². The number of hydrogen-bond donors (Lipinski definition) is 1. The minimum Gasteiger partial charge on any atom is -0.355 e. The van der Waals surface area contributed by atoms with Crippen molar-refractivity contribution in [3.05, 3.63) is 35.9 Å². The molecular formula is C21H33N5. The largest absolute Gasteiger partial charge is 0.355 e. The average molecular weight is 356 g/mol. The SMILES string of the molecule is CN=C(NCC1CN2CCN1CC2)N1CCC(c2ccccc2)C(C)C1. The molecule has 4 heterocycles. The number of likely N-dealkylation sites (tertiary alicyclic amines) is 1. The lowest BCUT2D eigenvalue weighted by molar-refractivity contribution is 0.0151. The molecule has 4 aliphatic rings. The molecule has 0 amide bonds. The van der Waals surface area contributed by atoms with E-state index in [4.69, 9.17) is 0 Å². The topological polar surface area (TPSA) is 34.1 Å². The lowest BCUT2D eigenvalue weighted by atomic mass is 9.82. The Kier molecular flexibility index (Phi) is 5.46. The first-order valence-corrected chi connectivity index (χ1v) is 10.2. The number of fused-ring (bicyclic) bond motifs is 3.